The second kappa shape index (κ2) is 6.30. The number of aliphatic imine (C=N–C) groups is 1. The topological polar surface area (TPSA) is 59.2 Å². The molecule has 23 heavy (non-hydrogen) atoms. The molecule has 1 aromatic heterocycles. The molecule has 0 spiro atoms. The Morgan fingerprint density at radius 3 is 2.74 bits per heavy atom. The van der Waals surface area contributed by atoms with Gasteiger partial charge in [0.1, 0.15) is 5.84 Å². The van der Waals surface area contributed by atoms with Crippen molar-refractivity contribution in [1.82, 2.24) is 25.1 Å². The van der Waals surface area contributed by atoms with Crippen molar-refractivity contribution in [3.8, 4) is 0 Å². The first-order chi connectivity index (χ1) is 11.2. The molecular formula is C17H28N6. The molecule has 6 heteroatoms. The highest BCUT2D eigenvalue weighted by Gasteiger charge is 2.43. The molecular weight excluding hydrogens is 288 g/mol. The van der Waals surface area contributed by atoms with E-state index in [0.717, 1.165) is 24.6 Å². The van der Waals surface area contributed by atoms with Gasteiger partial charge in [-0.15, -0.1) is 5.10 Å². The second-order valence-corrected chi connectivity index (χ2v) is 7.77. The summed E-state index contributed by atoms with van der Waals surface area (Å²) in [5.41, 5.74) is 0. The molecule has 0 bridgehead atoms. The third-order valence-electron chi connectivity index (χ3n) is 5.59. The van der Waals surface area contributed by atoms with E-state index in [4.69, 9.17) is 4.99 Å². The number of nitrogens with zero attached hydrogens (tertiary/aromatic N) is 6. The van der Waals surface area contributed by atoms with Crippen molar-refractivity contribution in [3.05, 3.63) is 5.82 Å². The lowest BCUT2D eigenvalue weighted by Gasteiger charge is -2.38. The van der Waals surface area contributed by atoms with Gasteiger partial charge in [0.15, 0.2) is 5.82 Å². The van der Waals surface area contributed by atoms with Gasteiger partial charge in [0, 0.05) is 0 Å². The van der Waals surface area contributed by atoms with E-state index < -0.39 is 0 Å². The molecule has 6 nitrogen and oxygen atoms in total. The summed E-state index contributed by atoms with van der Waals surface area (Å²) in [6, 6.07) is 1.23. The van der Waals surface area contributed by atoms with Crippen LogP contribution in [0.1, 0.15) is 77.1 Å². The Balaban J connectivity index is 1.73. The zero-order valence-electron chi connectivity index (χ0n) is 14.4. The molecule has 126 valence electrons. The molecule has 4 rings (SSSR count). The van der Waals surface area contributed by atoms with Crippen LogP contribution < -0.4 is 0 Å². The van der Waals surface area contributed by atoms with Crippen LogP contribution in [0.4, 0.5) is 0 Å². The minimum Gasteiger partial charge on any atom is -0.283 e. The number of fused-ring (bicyclic) bond motifs is 3. The summed E-state index contributed by atoms with van der Waals surface area (Å²) >= 11 is 0. The van der Waals surface area contributed by atoms with Crippen LogP contribution in [0.3, 0.4) is 0 Å². The molecule has 1 aliphatic carbocycles. The molecule has 0 aromatic carbocycles. The van der Waals surface area contributed by atoms with Gasteiger partial charge >= 0.3 is 0 Å². The Morgan fingerprint density at radius 2 is 1.96 bits per heavy atom. The van der Waals surface area contributed by atoms with Gasteiger partial charge in [0.05, 0.1) is 18.1 Å². The van der Waals surface area contributed by atoms with Gasteiger partial charge in [-0.05, 0) is 55.0 Å². The fraction of sp³-hybridized carbons (Fsp3) is 0.882. The summed E-state index contributed by atoms with van der Waals surface area (Å²) in [6.07, 6.45) is 9.98. The van der Waals surface area contributed by atoms with Gasteiger partial charge < -0.3 is 0 Å². The van der Waals surface area contributed by atoms with Crippen LogP contribution in [0.2, 0.25) is 0 Å². The smallest absolute Gasteiger partial charge is 0.175 e. The van der Waals surface area contributed by atoms with Crippen molar-refractivity contribution in [1.29, 1.82) is 0 Å². The first-order valence-electron chi connectivity index (χ1n) is 9.36. The van der Waals surface area contributed by atoms with Crippen LogP contribution in [0, 0.1) is 5.92 Å². The van der Waals surface area contributed by atoms with E-state index in [1.165, 1.54) is 44.9 Å². The van der Waals surface area contributed by atoms with Crippen LogP contribution >= 0.6 is 0 Å². The first kappa shape index (κ1) is 15.2. The zero-order chi connectivity index (χ0) is 15.8. The number of rotatable bonds is 3. The molecule has 0 N–H and O–H groups in total. The van der Waals surface area contributed by atoms with Gasteiger partial charge in [0.25, 0.3) is 0 Å². The summed E-state index contributed by atoms with van der Waals surface area (Å²) in [5, 5.41) is 12.6. The van der Waals surface area contributed by atoms with Gasteiger partial charge in [-0.25, -0.2) is 0 Å². The third-order valence-corrected chi connectivity index (χ3v) is 5.59. The van der Waals surface area contributed by atoms with Crippen LogP contribution in [0.5, 0.6) is 0 Å². The van der Waals surface area contributed by atoms with Crippen molar-refractivity contribution >= 4 is 5.84 Å². The fourth-order valence-corrected chi connectivity index (χ4v) is 4.52. The van der Waals surface area contributed by atoms with Crippen LogP contribution in [-0.2, 0) is 0 Å². The molecule has 0 radical (unpaired) electrons. The van der Waals surface area contributed by atoms with Crippen molar-refractivity contribution in [2.24, 2.45) is 10.9 Å². The quantitative estimate of drug-likeness (QED) is 0.860. The average molecular weight is 316 g/mol. The molecule has 1 aromatic rings. The highest BCUT2D eigenvalue weighted by molar-refractivity contribution is 5.90. The van der Waals surface area contributed by atoms with E-state index in [2.05, 4.69) is 34.3 Å². The summed E-state index contributed by atoms with van der Waals surface area (Å²) < 4.78 is 1.98. The van der Waals surface area contributed by atoms with E-state index in [0.29, 0.717) is 24.0 Å². The summed E-state index contributed by atoms with van der Waals surface area (Å²) in [7, 11) is 0. The molecule has 0 unspecified atom stereocenters. The molecule has 3 aliphatic rings. The van der Waals surface area contributed by atoms with Crippen LogP contribution in [0.15, 0.2) is 4.99 Å². The van der Waals surface area contributed by atoms with Crippen molar-refractivity contribution < 1.29 is 0 Å². The molecule has 3 heterocycles. The maximum atomic E-state index is 5.20. The minimum absolute atomic E-state index is 0.375. The summed E-state index contributed by atoms with van der Waals surface area (Å²) in [4.78, 5) is 7.82. The predicted molar refractivity (Wildman–Crippen MR) is 89.4 cm³/mol. The fourth-order valence-electron chi connectivity index (χ4n) is 4.52. The number of hydrogen-bond donors (Lipinski definition) is 0. The summed E-state index contributed by atoms with van der Waals surface area (Å²) in [6.45, 7) is 5.76. The summed E-state index contributed by atoms with van der Waals surface area (Å²) in [5.74, 6) is 2.77. The van der Waals surface area contributed by atoms with E-state index in [9.17, 15) is 0 Å². The molecule has 1 saturated carbocycles. The van der Waals surface area contributed by atoms with E-state index in [-0.39, 0.29) is 0 Å². The lowest BCUT2D eigenvalue weighted by atomic mass is 9.94. The average Bonchev–Trinajstić information content (AvgIpc) is 3.19. The van der Waals surface area contributed by atoms with Gasteiger partial charge in [-0.1, -0.05) is 33.1 Å². The molecule has 2 aliphatic heterocycles. The molecule has 1 saturated heterocycles. The molecule has 0 amide bonds. The largest absolute Gasteiger partial charge is 0.283 e. The Hall–Kier alpha value is -1.30. The lowest BCUT2D eigenvalue weighted by Crippen LogP contribution is -2.50. The number of aromatic nitrogens is 4. The standard InChI is InChI=1S/C17H28N6/c1-12(2)11-15-16(18-13-7-4-3-5-8-13)23-17(19-20-21-23)14-9-6-10-22(14)15/h12-15H,3-11H2,1-2H3/t14-,15+/m0/s1. The Kier molecular flexibility index (Phi) is 4.18. The Morgan fingerprint density at radius 1 is 1.13 bits per heavy atom. The third kappa shape index (κ3) is 2.82. The highest BCUT2D eigenvalue weighted by atomic mass is 15.6. The SMILES string of the molecule is CC(C)C[C@@H]1C(=NC2CCCCC2)n2nnnc2[C@@H]2CCCN12. The monoisotopic (exact) mass is 316 g/mol. The first-order valence-corrected chi connectivity index (χ1v) is 9.36. The molecule has 2 atom stereocenters. The highest BCUT2D eigenvalue weighted by Crippen LogP contribution is 2.38. The van der Waals surface area contributed by atoms with Crippen molar-refractivity contribution in [3.63, 3.8) is 0 Å². The number of hydrogen-bond acceptors (Lipinski definition) is 5. The second-order valence-electron chi connectivity index (χ2n) is 7.77. The van der Waals surface area contributed by atoms with Crippen molar-refractivity contribution in [2.45, 2.75) is 83.3 Å². The van der Waals surface area contributed by atoms with Gasteiger partial charge in [-0.2, -0.15) is 4.68 Å². The van der Waals surface area contributed by atoms with E-state index in [1.807, 2.05) is 4.68 Å². The maximum absolute atomic E-state index is 5.20. The van der Waals surface area contributed by atoms with E-state index in [1.54, 1.807) is 0 Å². The zero-order valence-corrected chi connectivity index (χ0v) is 14.4. The van der Waals surface area contributed by atoms with Crippen molar-refractivity contribution in [2.75, 3.05) is 6.54 Å². The van der Waals surface area contributed by atoms with Gasteiger partial charge in [-0.3, -0.25) is 9.89 Å². The van der Waals surface area contributed by atoms with Crippen LogP contribution in [0.25, 0.3) is 0 Å². The normalized spacial score (nSPS) is 30.8. The predicted octanol–water partition coefficient (Wildman–Crippen LogP) is 2.82. The number of tetrazole rings is 1. The van der Waals surface area contributed by atoms with E-state index >= 15 is 0 Å². The van der Waals surface area contributed by atoms with Gasteiger partial charge in [0.2, 0.25) is 0 Å². The molecule has 2 fully saturated rings. The lowest BCUT2D eigenvalue weighted by molar-refractivity contribution is 0.177. The Bertz CT molecular complexity index is 571. The Labute approximate surface area is 138 Å². The maximum Gasteiger partial charge on any atom is 0.175 e. The van der Waals surface area contributed by atoms with Crippen LogP contribution in [-0.4, -0.2) is 49.6 Å². The minimum atomic E-state index is 0.375.